The molecule has 1 aliphatic heterocycles. The highest BCUT2D eigenvalue weighted by molar-refractivity contribution is 5.98. The molecule has 37 heavy (non-hydrogen) atoms. The average Bonchev–Trinajstić information content (AvgIpc) is 3.63. The molecule has 0 atom stereocenters. The van der Waals surface area contributed by atoms with E-state index in [1.165, 1.54) is 0 Å². The zero-order valence-corrected chi connectivity index (χ0v) is 20.8. The van der Waals surface area contributed by atoms with Crippen LogP contribution < -0.4 is 20.1 Å². The van der Waals surface area contributed by atoms with Gasteiger partial charge in [0.15, 0.2) is 0 Å². The van der Waals surface area contributed by atoms with Crippen LogP contribution in [0.2, 0.25) is 0 Å². The van der Waals surface area contributed by atoms with Gasteiger partial charge in [-0.15, -0.1) is 0 Å². The molecule has 1 aromatic carbocycles. The minimum atomic E-state index is -0.169. The first-order valence-electron chi connectivity index (χ1n) is 12.5. The third-order valence-corrected chi connectivity index (χ3v) is 6.78. The van der Waals surface area contributed by atoms with Crippen molar-refractivity contribution in [3.63, 3.8) is 0 Å². The smallest absolute Gasteiger partial charge is 0.251 e. The van der Waals surface area contributed by atoms with Crippen LogP contribution in [-0.2, 0) is 11.8 Å². The number of hydrogen-bond acceptors (Lipinski definition) is 8. The second-order valence-electron chi connectivity index (χ2n) is 9.45. The maximum absolute atomic E-state index is 12.6. The molecule has 3 N–H and O–H groups in total. The minimum Gasteiger partial charge on any atom is -0.495 e. The Morgan fingerprint density at radius 3 is 2.76 bits per heavy atom. The predicted octanol–water partition coefficient (Wildman–Crippen LogP) is 3.56. The minimum absolute atomic E-state index is 0.0482. The van der Waals surface area contributed by atoms with Gasteiger partial charge in [0.2, 0.25) is 11.8 Å². The van der Waals surface area contributed by atoms with Crippen molar-refractivity contribution < 1.29 is 19.0 Å². The maximum Gasteiger partial charge on any atom is 0.251 e. The van der Waals surface area contributed by atoms with Crippen LogP contribution in [0.3, 0.4) is 0 Å². The van der Waals surface area contributed by atoms with Gasteiger partial charge in [0, 0.05) is 36.1 Å². The lowest BCUT2D eigenvalue weighted by molar-refractivity contribution is -0.00346. The largest absolute Gasteiger partial charge is 0.495 e. The molecule has 1 aliphatic carbocycles. The highest BCUT2D eigenvalue weighted by atomic mass is 16.5. The van der Waals surface area contributed by atoms with Gasteiger partial charge in [-0.25, -0.2) is 0 Å². The molecule has 11 nitrogen and oxygen atoms in total. The number of rotatable bonds is 8. The quantitative estimate of drug-likeness (QED) is 0.333. The molecule has 0 radical (unpaired) electrons. The van der Waals surface area contributed by atoms with Gasteiger partial charge < -0.3 is 29.8 Å². The van der Waals surface area contributed by atoms with E-state index in [1.807, 2.05) is 25.6 Å². The van der Waals surface area contributed by atoms with Gasteiger partial charge in [-0.3, -0.25) is 9.48 Å². The van der Waals surface area contributed by atoms with Gasteiger partial charge in [0.05, 0.1) is 43.6 Å². The summed E-state index contributed by atoms with van der Waals surface area (Å²) in [5.74, 6) is 1.22. The Balaban J connectivity index is 1.33. The lowest BCUT2D eigenvalue weighted by Crippen LogP contribution is -2.48. The number of carbonyl (C=O) groups excluding carboxylic acids is 1. The number of hydrogen-bond donors (Lipinski definition) is 3. The topological polar surface area (TPSA) is 128 Å². The number of aromatic amines is 1. The second-order valence-corrected chi connectivity index (χ2v) is 9.45. The molecule has 192 valence electrons. The van der Waals surface area contributed by atoms with E-state index in [0.717, 1.165) is 42.2 Å². The summed E-state index contributed by atoms with van der Waals surface area (Å²) in [7, 11) is 3.45. The van der Waals surface area contributed by atoms with E-state index in [4.69, 9.17) is 24.2 Å². The lowest BCUT2D eigenvalue weighted by atomic mass is 10.1. The molecule has 3 aromatic heterocycles. The number of fused-ring (bicyclic) bond motifs is 1. The molecule has 11 heteroatoms. The van der Waals surface area contributed by atoms with Crippen molar-refractivity contribution in [2.24, 2.45) is 7.05 Å². The number of aryl methyl sites for hydroxylation is 1. The summed E-state index contributed by atoms with van der Waals surface area (Å²) in [5.41, 5.74) is 3.69. The van der Waals surface area contributed by atoms with Crippen LogP contribution in [-0.4, -0.2) is 63.1 Å². The summed E-state index contributed by atoms with van der Waals surface area (Å²) in [6.45, 7) is 1.07. The van der Waals surface area contributed by atoms with E-state index in [-0.39, 0.29) is 18.1 Å². The number of nitrogens with zero attached hydrogens (tertiary/aromatic N) is 4. The van der Waals surface area contributed by atoms with Crippen molar-refractivity contribution >= 4 is 28.6 Å². The fraction of sp³-hybridized carbons (Fsp3) is 0.385. The van der Waals surface area contributed by atoms with Crippen LogP contribution in [0.25, 0.3) is 22.2 Å². The Labute approximate surface area is 213 Å². The lowest BCUT2D eigenvalue weighted by Gasteiger charge is -2.26. The fourth-order valence-electron chi connectivity index (χ4n) is 4.74. The number of H-pyrrole nitrogens is 1. The van der Waals surface area contributed by atoms with E-state index >= 15 is 0 Å². The summed E-state index contributed by atoms with van der Waals surface area (Å²) in [6, 6.07) is 5.27. The normalized spacial score (nSPS) is 16.1. The molecule has 2 aliphatic rings. The van der Waals surface area contributed by atoms with E-state index in [9.17, 15) is 4.79 Å². The second kappa shape index (κ2) is 9.74. The van der Waals surface area contributed by atoms with Crippen LogP contribution >= 0.6 is 0 Å². The highest BCUT2D eigenvalue weighted by Gasteiger charge is 2.24. The number of benzene rings is 1. The van der Waals surface area contributed by atoms with E-state index < -0.39 is 0 Å². The van der Waals surface area contributed by atoms with Crippen LogP contribution in [0.1, 0.15) is 36.0 Å². The molecule has 0 bridgehead atoms. The number of amides is 1. The molecular formula is C26H29N7O4. The van der Waals surface area contributed by atoms with Crippen LogP contribution in [0.15, 0.2) is 36.8 Å². The van der Waals surface area contributed by atoms with Gasteiger partial charge in [-0.2, -0.15) is 15.1 Å². The van der Waals surface area contributed by atoms with Crippen molar-refractivity contribution in [1.29, 1.82) is 0 Å². The number of anilines is 2. The molecule has 4 heterocycles. The zero-order chi connectivity index (χ0) is 25.4. The molecule has 0 spiro atoms. The molecule has 1 saturated carbocycles. The van der Waals surface area contributed by atoms with Gasteiger partial charge in [0.25, 0.3) is 5.91 Å². The number of nitrogens with one attached hydrogen (secondary N) is 3. The van der Waals surface area contributed by atoms with Crippen molar-refractivity contribution in [3.05, 3.63) is 42.4 Å². The molecule has 1 saturated heterocycles. The highest BCUT2D eigenvalue weighted by Crippen LogP contribution is 2.37. The summed E-state index contributed by atoms with van der Waals surface area (Å²) in [4.78, 5) is 25.3. The summed E-state index contributed by atoms with van der Waals surface area (Å²) in [6.07, 6.45) is 10.1. The Morgan fingerprint density at radius 1 is 1.22 bits per heavy atom. The van der Waals surface area contributed by atoms with Crippen molar-refractivity contribution in [3.8, 4) is 22.8 Å². The van der Waals surface area contributed by atoms with Crippen molar-refractivity contribution in [1.82, 2.24) is 30.0 Å². The van der Waals surface area contributed by atoms with Crippen LogP contribution in [0.5, 0.6) is 11.6 Å². The third-order valence-electron chi connectivity index (χ3n) is 6.78. The molecule has 4 aromatic rings. The molecule has 0 unspecified atom stereocenters. The molecular weight excluding hydrogens is 474 g/mol. The van der Waals surface area contributed by atoms with Gasteiger partial charge in [-0.1, -0.05) is 0 Å². The number of carbonyl (C=O) groups is 1. The molecule has 2 fully saturated rings. The standard InChI is InChI=1S/C26H29N7O4/c1-33-12-16(10-28-33)19-11-27-23-22(19)25(37-18-5-3-4-6-18)32-26(31-23)30-20-8-7-15(9-21(20)35-2)24(34)29-17-13-36-14-17/h7-12,17-18H,3-6,13-14H2,1-2H3,(H,29,34)(H2,27,30,31,32). The fourth-order valence-corrected chi connectivity index (χ4v) is 4.74. The number of ether oxygens (including phenoxy) is 3. The van der Waals surface area contributed by atoms with E-state index in [1.54, 1.807) is 30.0 Å². The number of methoxy groups -OCH3 is 1. The summed E-state index contributed by atoms with van der Waals surface area (Å²) in [5, 5.41) is 11.3. The van der Waals surface area contributed by atoms with Gasteiger partial charge in [-0.05, 0) is 43.9 Å². The number of aromatic nitrogens is 5. The van der Waals surface area contributed by atoms with E-state index in [2.05, 4.69) is 20.7 Å². The molecule has 6 rings (SSSR count). The van der Waals surface area contributed by atoms with Crippen molar-refractivity contribution in [2.45, 2.75) is 37.8 Å². The van der Waals surface area contributed by atoms with Crippen molar-refractivity contribution in [2.75, 3.05) is 25.6 Å². The predicted molar refractivity (Wildman–Crippen MR) is 137 cm³/mol. The first-order chi connectivity index (χ1) is 18.1. The maximum atomic E-state index is 12.6. The van der Waals surface area contributed by atoms with Gasteiger partial charge >= 0.3 is 0 Å². The Hall–Kier alpha value is -4.12. The van der Waals surface area contributed by atoms with Gasteiger partial charge in [0.1, 0.15) is 17.5 Å². The first kappa shape index (κ1) is 23.3. The van der Waals surface area contributed by atoms with E-state index in [0.29, 0.717) is 47.7 Å². The zero-order valence-electron chi connectivity index (χ0n) is 20.8. The summed E-state index contributed by atoms with van der Waals surface area (Å²) >= 11 is 0. The Kier molecular flexibility index (Phi) is 6.13. The Bertz CT molecular complexity index is 1440. The molecule has 1 amide bonds. The summed E-state index contributed by atoms with van der Waals surface area (Å²) < 4.78 is 18.9. The monoisotopic (exact) mass is 503 g/mol. The first-order valence-corrected chi connectivity index (χ1v) is 12.5. The van der Waals surface area contributed by atoms with Crippen LogP contribution in [0, 0.1) is 0 Å². The Morgan fingerprint density at radius 2 is 2.05 bits per heavy atom. The SMILES string of the molecule is COc1cc(C(=O)NC2COC2)ccc1Nc1nc(OC2CCCC2)c2c(-c3cnn(C)c3)c[nH]c2n1. The average molecular weight is 504 g/mol. The third kappa shape index (κ3) is 4.69. The van der Waals surface area contributed by atoms with Crippen LogP contribution in [0.4, 0.5) is 11.6 Å².